The van der Waals surface area contributed by atoms with Crippen molar-refractivity contribution in [2.75, 3.05) is 39.5 Å². The lowest BCUT2D eigenvalue weighted by molar-refractivity contribution is -0.172. The molecule has 2 aromatic heterocycles. The summed E-state index contributed by atoms with van der Waals surface area (Å²) >= 11 is 0. The molecule has 5 heterocycles. The van der Waals surface area contributed by atoms with E-state index in [1.54, 1.807) is 50.2 Å². The molecule has 4 aromatic rings. The molecule has 8 amide bonds. The van der Waals surface area contributed by atoms with E-state index in [9.17, 15) is 57.8 Å². The number of aryl methyl sites for hydroxylation is 1. The fraction of sp³-hybridized carbons (Fsp3) is 0.385. The van der Waals surface area contributed by atoms with Crippen LogP contribution in [0.15, 0.2) is 59.4 Å². The van der Waals surface area contributed by atoms with Crippen molar-refractivity contribution < 1.29 is 72.0 Å². The summed E-state index contributed by atoms with van der Waals surface area (Å²) in [5, 5.41) is 38.4. The van der Waals surface area contributed by atoms with Gasteiger partial charge in [0.1, 0.15) is 37.3 Å². The van der Waals surface area contributed by atoms with Gasteiger partial charge in [-0.25, -0.2) is 14.2 Å². The van der Waals surface area contributed by atoms with E-state index in [0.29, 0.717) is 62.3 Å². The van der Waals surface area contributed by atoms with E-state index in [0.717, 1.165) is 12.2 Å². The Morgan fingerprint density at radius 2 is 1.55 bits per heavy atom. The standard InChI is InChI=1S/C52H55FN10O15/c1-4-52(76)31-15-36-46-29(22-62(36)50(74)30(31)23-77-51(52)75)45-33(11-10-28-25(2)32(53)16-34(60-46)44(28)45)61-47(71)26(3)78-24-58-39(65)19-56-48(72)35(14-27-8-6-5-7-9-27)59-40(66)20-55-38(64)18-57-49(73)37(17-54-21-43(69)70)63-41(67)12-13-42(63)68/h5-9,12-13,15-16,26,33,35,37,54,76H,4,10-11,14,17-24H2,1-3H3,(H,55,64)(H,56,72)(H,57,73)(H,58,65)(H,59,66)(H,61,71)(H,69,70)/t26?,33-,35+,37?,52+/m1/s1. The number of nitrogens with one attached hydrogen (secondary N) is 7. The average Bonchev–Trinajstić information content (AvgIpc) is 4.15. The van der Waals surface area contributed by atoms with Crippen molar-refractivity contribution in [2.45, 2.75) is 89.4 Å². The number of cyclic esters (lactones) is 1. The second-order valence-corrected chi connectivity index (χ2v) is 18.9. The number of halogens is 1. The summed E-state index contributed by atoms with van der Waals surface area (Å²) in [6.45, 7) is 0.932. The number of rotatable bonds is 22. The van der Waals surface area contributed by atoms with Crippen LogP contribution in [-0.4, -0.2) is 142 Å². The molecule has 1 aliphatic carbocycles. The van der Waals surface area contributed by atoms with Crippen LogP contribution in [0.25, 0.3) is 22.3 Å². The molecule has 9 N–H and O–H groups in total. The van der Waals surface area contributed by atoms with Gasteiger partial charge in [0.25, 0.3) is 17.4 Å². The summed E-state index contributed by atoms with van der Waals surface area (Å²) in [5.74, 6) is -9.02. The van der Waals surface area contributed by atoms with Crippen molar-refractivity contribution in [3.05, 3.63) is 110 Å². The number of aliphatic hydroxyl groups is 1. The Kier molecular flexibility index (Phi) is 16.5. The normalized spacial score (nSPS) is 17.9. The van der Waals surface area contributed by atoms with Crippen LogP contribution in [0.3, 0.4) is 0 Å². The molecule has 2 aromatic carbocycles. The zero-order chi connectivity index (χ0) is 56.2. The van der Waals surface area contributed by atoms with Gasteiger partial charge < -0.3 is 61.5 Å². The number of esters is 1. The fourth-order valence-corrected chi connectivity index (χ4v) is 9.83. The third-order valence-corrected chi connectivity index (χ3v) is 14.0. The van der Waals surface area contributed by atoms with Gasteiger partial charge in [0.2, 0.25) is 35.4 Å². The van der Waals surface area contributed by atoms with Crippen LogP contribution in [0.2, 0.25) is 0 Å². The lowest BCUT2D eigenvalue weighted by Crippen LogP contribution is -2.56. The third-order valence-electron chi connectivity index (χ3n) is 14.0. The first-order valence-electron chi connectivity index (χ1n) is 24.8. The Morgan fingerprint density at radius 3 is 2.24 bits per heavy atom. The smallest absolute Gasteiger partial charge is 0.343 e. The van der Waals surface area contributed by atoms with Crippen LogP contribution >= 0.6 is 0 Å². The molecule has 0 radical (unpaired) electrons. The molecule has 4 aliphatic rings. The number of hydrogen-bond donors (Lipinski definition) is 9. The number of aliphatic carboxylic acids is 1. The molecule has 3 aliphatic heterocycles. The van der Waals surface area contributed by atoms with Gasteiger partial charge in [-0.15, -0.1) is 0 Å². The number of nitrogens with zero attached hydrogens (tertiary/aromatic N) is 3. The fourth-order valence-electron chi connectivity index (χ4n) is 9.83. The Balaban J connectivity index is 0.848. The van der Waals surface area contributed by atoms with Gasteiger partial charge in [-0.2, -0.15) is 0 Å². The molecule has 0 spiro atoms. The van der Waals surface area contributed by atoms with Crippen LogP contribution in [0.4, 0.5) is 4.39 Å². The van der Waals surface area contributed by atoms with Crippen LogP contribution in [-0.2, 0) is 89.0 Å². The monoisotopic (exact) mass is 1080 g/mol. The predicted octanol–water partition coefficient (Wildman–Crippen LogP) is -1.85. The molecule has 8 rings (SSSR count). The molecule has 0 bridgehead atoms. The number of pyridine rings is 2. The lowest BCUT2D eigenvalue weighted by atomic mass is 9.81. The summed E-state index contributed by atoms with van der Waals surface area (Å²) in [7, 11) is 0. The number of amides is 8. The quantitative estimate of drug-likeness (QED) is 0.0209. The van der Waals surface area contributed by atoms with Gasteiger partial charge in [-0.3, -0.25) is 52.8 Å². The second-order valence-electron chi connectivity index (χ2n) is 18.9. The Morgan fingerprint density at radius 1 is 0.872 bits per heavy atom. The van der Waals surface area contributed by atoms with Gasteiger partial charge >= 0.3 is 11.9 Å². The van der Waals surface area contributed by atoms with E-state index >= 15 is 4.39 Å². The van der Waals surface area contributed by atoms with Crippen LogP contribution < -0.4 is 42.8 Å². The first-order valence-corrected chi connectivity index (χ1v) is 24.8. The average molecular weight is 1080 g/mol. The highest BCUT2D eigenvalue weighted by atomic mass is 19.1. The maximum atomic E-state index is 15.4. The molecule has 78 heavy (non-hydrogen) atoms. The van der Waals surface area contributed by atoms with Crippen molar-refractivity contribution in [3.8, 4) is 11.4 Å². The minimum atomic E-state index is -2.07. The molecule has 25 nitrogen and oxygen atoms in total. The number of carboxylic acid groups (broad SMARTS) is 1. The lowest BCUT2D eigenvalue weighted by Gasteiger charge is -2.31. The first kappa shape index (κ1) is 55.5. The number of ether oxygens (including phenoxy) is 2. The number of fused-ring (bicyclic) bond motifs is 5. The number of benzene rings is 2. The number of carboxylic acids is 1. The Hall–Kier alpha value is -8.75. The van der Waals surface area contributed by atoms with Gasteiger partial charge in [0, 0.05) is 47.7 Å². The summed E-state index contributed by atoms with van der Waals surface area (Å²) in [6.07, 6.45) is 1.33. The molecular formula is C52H55FN10O15. The van der Waals surface area contributed by atoms with Crippen molar-refractivity contribution in [2.24, 2.45) is 0 Å². The zero-order valence-corrected chi connectivity index (χ0v) is 42.4. The van der Waals surface area contributed by atoms with E-state index < -0.39 is 140 Å². The maximum Gasteiger partial charge on any atom is 0.343 e. The van der Waals surface area contributed by atoms with Crippen molar-refractivity contribution in [1.29, 1.82) is 0 Å². The highest BCUT2D eigenvalue weighted by Gasteiger charge is 2.46. The summed E-state index contributed by atoms with van der Waals surface area (Å²) in [5.41, 5.74) is 1.58. The van der Waals surface area contributed by atoms with E-state index in [4.69, 9.17) is 19.6 Å². The van der Waals surface area contributed by atoms with Gasteiger partial charge in [0.05, 0.1) is 61.2 Å². The van der Waals surface area contributed by atoms with E-state index in [2.05, 4.69) is 37.2 Å². The van der Waals surface area contributed by atoms with Crippen molar-refractivity contribution in [1.82, 2.24) is 51.7 Å². The summed E-state index contributed by atoms with van der Waals surface area (Å²) in [6, 6.07) is 7.96. The van der Waals surface area contributed by atoms with Crippen molar-refractivity contribution in [3.63, 3.8) is 0 Å². The molecule has 5 atom stereocenters. The van der Waals surface area contributed by atoms with Crippen LogP contribution in [0, 0.1) is 12.7 Å². The maximum absolute atomic E-state index is 15.4. The number of carbonyl (C=O) groups is 10. The number of carbonyl (C=O) groups excluding carboxylic acids is 9. The van der Waals surface area contributed by atoms with Crippen LogP contribution in [0.5, 0.6) is 0 Å². The third kappa shape index (κ3) is 11.5. The molecule has 0 saturated carbocycles. The highest BCUT2D eigenvalue weighted by Crippen LogP contribution is 2.46. The van der Waals surface area contributed by atoms with Crippen molar-refractivity contribution >= 4 is 70.1 Å². The molecule has 2 unspecified atom stereocenters. The highest BCUT2D eigenvalue weighted by molar-refractivity contribution is 6.15. The zero-order valence-electron chi connectivity index (χ0n) is 42.4. The SMILES string of the molecule is CC[C@@]1(O)C(=O)OCc2c1cc1n(c2=O)Cc2c-1nc1cc(F)c(C)c3c1c2[C@H](NC(=O)C(C)OCNC(=O)CNC(=O)[C@H](Cc1ccccc1)NC(=O)CNC(=O)CNC(=O)C(CNCC(=O)O)N1C(=O)C=CC1=O)CC3. The molecular weight excluding hydrogens is 1020 g/mol. The number of aromatic nitrogens is 2. The Bertz CT molecular complexity index is 3260. The molecule has 0 saturated heterocycles. The second kappa shape index (κ2) is 23.2. The molecule has 0 fully saturated rings. The molecule has 26 heteroatoms. The van der Waals surface area contributed by atoms with Gasteiger partial charge in [0.15, 0.2) is 5.60 Å². The largest absolute Gasteiger partial charge is 0.480 e. The van der Waals surface area contributed by atoms with Crippen LogP contribution in [0.1, 0.15) is 71.7 Å². The minimum absolute atomic E-state index is 0.0285. The van der Waals surface area contributed by atoms with Gasteiger partial charge in [-0.05, 0) is 61.4 Å². The van der Waals surface area contributed by atoms with E-state index in [1.807, 2.05) is 0 Å². The van der Waals surface area contributed by atoms with E-state index in [-0.39, 0.29) is 42.6 Å². The first-order chi connectivity index (χ1) is 37.2. The predicted molar refractivity (Wildman–Crippen MR) is 268 cm³/mol. The minimum Gasteiger partial charge on any atom is -0.480 e. The summed E-state index contributed by atoms with van der Waals surface area (Å²) < 4.78 is 27.8. The summed E-state index contributed by atoms with van der Waals surface area (Å²) in [4.78, 5) is 147. The topological polar surface area (TPSA) is 352 Å². The molecule has 410 valence electrons. The van der Waals surface area contributed by atoms with E-state index in [1.165, 1.54) is 17.6 Å². The Labute approximate surface area is 442 Å². The number of imide groups is 1. The number of hydrogen-bond acceptors (Lipinski definition) is 16. The van der Waals surface area contributed by atoms with Gasteiger partial charge in [-0.1, -0.05) is 37.3 Å².